The number of ether oxygens (including phenoxy) is 2. The van der Waals surface area contributed by atoms with E-state index in [0.717, 1.165) is 6.42 Å². The topological polar surface area (TPSA) is 106 Å². The van der Waals surface area contributed by atoms with Crippen molar-refractivity contribution in [2.24, 2.45) is 5.92 Å². The van der Waals surface area contributed by atoms with Crippen LogP contribution in [-0.2, 0) is 14.3 Å². The van der Waals surface area contributed by atoms with E-state index in [2.05, 4.69) is 34.8 Å². The molecule has 3 N–H and O–H groups in total. The second-order valence-corrected chi connectivity index (χ2v) is 6.50. The van der Waals surface area contributed by atoms with Gasteiger partial charge in [0.1, 0.15) is 5.75 Å². The van der Waals surface area contributed by atoms with Crippen LogP contribution in [0, 0.1) is 5.92 Å². The van der Waals surface area contributed by atoms with Gasteiger partial charge >= 0.3 is 5.97 Å². The molecule has 0 radical (unpaired) electrons. The maximum absolute atomic E-state index is 12.1. The molecule has 9 heteroatoms. The normalized spacial score (nSPS) is 10.1. The van der Waals surface area contributed by atoms with Crippen LogP contribution in [0.5, 0.6) is 5.75 Å². The van der Waals surface area contributed by atoms with E-state index in [4.69, 9.17) is 17.0 Å². The van der Waals surface area contributed by atoms with Crippen LogP contribution in [0.15, 0.2) is 24.3 Å². The summed E-state index contributed by atoms with van der Waals surface area (Å²) in [6.07, 6.45) is 0.832. The molecule has 1 aromatic carbocycles. The molecule has 2 amide bonds. The lowest BCUT2D eigenvalue weighted by molar-refractivity contribution is -0.142. The van der Waals surface area contributed by atoms with Gasteiger partial charge in [0.05, 0.1) is 20.1 Å². The first-order valence-electron chi connectivity index (χ1n) is 8.51. The third-order valence-electron chi connectivity index (χ3n) is 3.41. The number of methoxy groups -OCH3 is 1. The quantitative estimate of drug-likeness (QED) is 0.349. The Bertz CT molecular complexity index is 661. The highest BCUT2D eigenvalue weighted by Gasteiger charge is 2.10. The first-order chi connectivity index (χ1) is 12.8. The number of esters is 1. The van der Waals surface area contributed by atoms with E-state index in [9.17, 15) is 14.4 Å². The van der Waals surface area contributed by atoms with Crippen molar-refractivity contribution in [3.63, 3.8) is 0 Å². The summed E-state index contributed by atoms with van der Waals surface area (Å²) in [4.78, 5) is 34.6. The third kappa shape index (κ3) is 9.55. The van der Waals surface area contributed by atoms with Crippen molar-refractivity contribution in [3.8, 4) is 5.75 Å². The second-order valence-electron chi connectivity index (χ2n) is 6.09. The molecule has 0 atom stereocenters. The molecule has 8 nitrogen and oxygen atoms in total. The van der Waals surface area contributed by atoms with Gasteiger partial charge in [0, 0.05) is 12.0 Å². The number of hydrogen-bond acceptors (Lipinski definition) is 6. The minimum absolute atomic E-state index is 0.0527. The van der Waals surface area contributed by atoms with E-state index in [1.807, 2.05) is 0 Å². The minimum Gasteiger partial charge on any atom is -0.494 e. The summed E-state index contributed by atoms with van der Waals surface area (Å²) in [5.74, 6) is -0.127. The molecule has 0 aliphatic rings. The van der Waals surface area contributed by atoms with E-state index < -0.39 is 17.8 Å². The summed E-state index contributed by atoms with van der Waals surface area (Å²) in [6.45, 7) is 4.86. The summed E-state index contributed by atoms with van der Waals surface area (Å²) in [5, 5.41) is 2.27. The van der Waals surface area contributed by atoms with Crippen LogP contribution in [-0.4, -0.2) is 36.6 Å². The summed E-state index contributed by atoms with van der Waals surface area (Å²) in [7, 11) is 1.24. The predicted octanol–water partition coefficient (Wildman–Crippen LogP) is 1.70. The molecule has 0 heterocycles. The average Bonchev–Trinajstić information content (AvgIpc) is 2.64. The highest BCUT2D eigenvalue weighted by molar-refractivity contribution is 7.80. The molecule has 0 saturated heterocycles. The maximum atomic E-state index is 12.1. The van der Waals surface area contributed by atoms with Gasteiger partial charge in [0.15, 0.2) is 5.11 Å². The number of hydrogen-bond donors (Lipinski definition) is 3. The number of benzene rings is 1. The Labute approximate surface area is 164 Å². The molecular formula is C18H25N3O5S. The Morgan fingerprint density at radius 2 is 1.74 bits per heavy atom. The van der Waals surface area contributed by atoms with E-state index in [1.165, 1.54) is 7.11 Å². The van der Waals surface area contributed by atoms with Gasteiger partial charge in [-0.2, -0.15) is 0 Å². The van der Waals surface area contributed by atoms with Crippen molar-refractivity contribution in [3.05, 3.63) is 29.8 Å². The second kappa shape index (κ2) is 11.8. The first-order valence-corrected chi connectivity index (χ1v) is 8.92. The number of carbonyl (C=O) groups excluding carboxylic acids is 3. The van der Waals surface area contributed by atoms with Crippen molar-refractivity contribution in [1.82, 2.24) is 16.2 Å². The van der Waals surface area contributed by atoms with E-state index in [1.54, 1.807) is 24.3 Å². The fourth-order valence-electron chi connectivity index (χ4n) is 1.84. The molecule has 0 aliphatic heterocycles. The van der Waals surface area contributed by atoms with Gasteiger partial charge in [0.25, 0.3) is 5.91 Å². The molecule has 148 valence electrons. The lowest BCUT2D eigenvalue weighted by Crippen LogP contribution is -2.48. The van der Waals surface area contributed by atoms with Crippen LogP contribution in [0.25, 0.3) is 0 Å². The van der Waals surface area contributed by atoms with Crippen molar-refractivity contribution >= 4 is 35.1 Å². The van der Waals surface area contributed by atoms with Crippen molar-refractivity contribution in [2.45, 2.75) is 33.1 Å². The summed E-state index contributed by atoms with van der Waals surface area (Å²) < 4.78 is 10.0. The summed E-state index contributed by atoms with van der Waals surface area (Å²) in [6, 6.07) is 6.67. The Morgan fingerprint density at radius 1 is 1.07 bits per heavy atom. The number of nitrogens with one attached hydrogen (secondary N) is 3. The SMILES string of the molecule is COC(=O)CCC(=O)NC(=S)NNC(=O)c1ccc(OCCC(C)C)cc1. The molecule has 27 heavy (non-hydrogen) atoms. The standard InChI is InChI=1S/C18H25N3O5S/c1-12(2)10-11-26-14-6-4-13(5-7-14)17(24)20-21-18(27)19-15(22)8-9-16(23)25-3/h4-7,12H,8-11H2,1-3H3,(H,20,24)(H2,19,21,22,27). The van der Waals surface area contributed by atoms with Crippen LogP contribution < -0.4 is 20.9 Å². The smallest absolute Gasteiger partial charge is 0.306 e. The number of thiocarbonyl (C=S) groups is 1. The molecule has 1 rings (SSSR count). The fraction of sp³-hybridized carbons (Fsp3) is 0.444. The van der Waals surface area contributed by atoms with Gasteiger partial charge < -0.3 is 14.8 Å². The van der Waals surface area contributed by atoms with Gasteiger partial charge in [-0.25, -0.2) is 0 Å². The molecule has 0 bridgehead atoms. The zero-order chi connectivity index (χ0) is 20.2. The van der Waals surface area contributed by atoms with E-state index in [-0.39, 0.29) is 18.0 Å². The van der Waals surface area contributed by atoms with Gasteiger partial charge in [-0.05, 0) is 48.8 Å². The Morgan fingerprint density at radius 3 is 2.33 bits per heavy atom. The zero-order valence-corrected chi connectivity index (χ0v) is 16.5. The lowest BCUT2D eigenvalue weighted by Gasteiger charge is -2.11. The number of amides is 2. The van der Waals surface area contributed by atoms with Crippen LogP contribution in [0.1, 0.15) is 43.5 Å². The van der Waals surface area contributed by atoms with Gasteiger partial charge in [-0.1, -0.05) is 13.8 Å². The van der Waals surface area contributed by atoms with Crippen LogP contribution in [0.2, 0.25) is 0 Å². The molecular weight excluding hydrogens is 370 g/mol. The lowest BCUT2D eigenvalue weighted by atomic mass is 10.1. The molecule has 0 aliphatic carbocycles. The largest absolute Gasteiger partial charge is 0.494 e. The third-order valence-corrected chi connectivity index (χ3v) is 3.61. The molecule has 0 aromatic heterocycles. The Balaban J connectivity index is 2.35. The van der Waals surface area contributed by atoms with Crippen LogP contribution in [0.3, 0.4) is 0 Å². The average molecular weight is 395 g/mol. The van der Waals surface area contributed by atoms with E-state index >= 15 is 0 Å². The Kier molecular flexibility index (Phi) is 9.81. The van der Waals surface area contributed by atoms with E-state index in [0.29, 0.717) is 23.8 Å². The number of carbonyl (C=O) groups is 3. The predicted molar refractivity (Wildman–Crippen MR) is 104 cm³/mol. The minimum atomic E-state index is -0.492. The van der Waals surface area contributed by atoms with Gasteiger partial charge in [-0.3, -0.25) is 25.2 Å². The van der Waals surface area contributed by atoms with Crippen LogP contribution >= 0.6 is 12.2 Å². The van der Waals surface area contributed by atoms with Crippen molar-refractivity contribution in [2.75, 3.05) is 13.7 Å². The summed E-state index contributed by atoms with van der Waals surface area (Å²) >= 11 is 4.90. The fourth-order valence-corrected chi connectivity index (χ4v) is 2.00. The molecule has 0 saturated carbocycles. The zero-order valence-electron chi connectivity index (χ0n) is 15.7. The van der Waals surface area contributed by atoms with Gasteiger partial charge in [0.2, 0.25) is 5.91 Å². The van der Waals surface area contributed by atoms with Gasteiger partial charge in [-0.15, -0.1) is 0 Å². The highest BCUT2D eigenvalue weighted by Crippen LogP contribution is 2.13. The molecule has 0 unspecified atom stereocenters. The maximum Gasteiger partial charge on any atom is 0.306 e. The van der Waals surface area contributed by atoms with Crippen molar-refractivity contribution < 1.29 is 23.9 Å². The number of hydrazine groups is 1. The highest BCUT2D eigenvalue weighted by atomic mass is 32.1. The van der Waals surface area contributed by atoms with Crippen LogP contribution in [0.4, 0.5) is 0 Å². The monoisotopic (exact) mass is 395 g/mol. The summed E-state index contributed by atoms with van der Waals surface area (Å²) in [5.41, 5.74) is 5.21. The molecule has 0 fully saturated rings. The van der Waals surface area contributed by atoms with Crippen molar-refractivity contribution in [1.29, 1.82) is 0 Å². The molecule has 0 spiro atoms. The molecule has 1 aromatic rings. The Hall–Kier alpha value is -2.68. The first kappa shape index (κ1) is 22.4. The number of rotatable bonds is 8.